The fourth-order valence-corrected chi connectivity index (χ4v) is 3.16. The second-order valence-electron chi connectivity index (χ2n) is 4.07. The molecule has 0 saturated carbocycles. The molecular weight excluding hydrogens is 277 g/mol. The van der Waals surface area contributed by atoms with E-state index < -0.39 is 34.5 Å². The van der Waals surface area contributed by atoms with E-state index in [4.69, 9.17) is 10.2 Å². The highest BCUT2D eigenvalue weighted by Gasteiger charge is 2.23. The molecule has 0 heterocycles. The zero-order valence-electron chi connectivity index (χ0n) is 10.3. The molecule has 1 rings (SSSR count). The SMILES string of the molecule is Cc1cc(F)cc(C)c1S(=O)(=O)NCC(O)C(=O)O. The number of carboxylic acids is 1. The van der Waals surface area contributed by atoms with E-state index in [-0.39, 0.29) is 16.0 Å². The predicted octanol–water partition coefficient (Wildman–Crippen LogP) is 0.166. The number of hydrogen-bond donors (Lipinski definition) is 3. The molecule has 8 heteroatoms. The lowest BCUT2D eigenvalue weighted by molar-refractivity contribution is -0.146. The number of aliphatic hydroxyl groups is 1. The van der Waals surface area contributed by atoms with Crippen molar-refractivity contribution in [1.29, 1.82) is 0 Å². The van der Waals surface area contributed by atoms with Crippen molar-refractivity contribution < 1.29 is 27.8 Å². The number of aryl methyl sites for hydroxylation is 2. The van der Waals surface area contributed by atoms with E-state index in [1.165, 1.54) is 13.8 Å². The zero-order valence-corrected chi connectivity index (χ0v) is 11.2. The van der Waals surface area contributed by atoms with Crippen LogP contribution >= 0.6 is 0 Å². The van der Waals surface area contributed by atoms with Crippen LogP contribution in [0.5, 0.6) is 0 Å². The van der Waals surface area contributed by atoms with Crippen LogP contribution in [0.4, 0.5) is 4.39 Å². The van der Waals surface area contributed by atoms with Crippen LogP contribution in [0.25, 0.3) is 0 Å². The van der Waals surface area contributed by atoms with Gasteiger partial charge in [0.25, 0.3) is 0 Å². The standard InChI is InChI=1S/C11H14FNO5S/c1-6-3-8(12)4-7(2)10(6)19(17,18)13-5-9(14)11(15)16/h3-4,9,13-14H,5H2,1-2H3,(H,15,16). The summed E-state index contributed by atoms with van der Waals surface area (Å²) in [5, 5.41) is 17.5. The van der Waals surface area contributed by atoms with Gasteiger partial charge in [0, 0.05) is 6.54 Å². The number of carboxylic acid groups (broad SMARTS) is 1. The summed E-state index contributed by atoms with van der Waals surface area (Å²) < 4.78 is 39.0. The Balaban J connectivity index is 3.05. The fraction of sp³-hybridized carbons (Fsp3) is 0.364. The Morgan fingerprint density at radius 2 is 1.84 bits per heavy atom. The molecule has 6 nitrogen and oxygen atoms in total. The highest BCUT2D eigenvalue weighted by atomic mass is 32.2. The first-order valence-electron chi connectivity index (χ1n) is 5.32. The van der Waals surface area contributed by atoms with Crippen LogP contribution in [0.3, 0.4) is 0 Å². The molecule has 1 atom stereocenters. The second-order valence-corrected chi connectivity index (χ2v) is 5.78. The van der Waals surface area contributed by atoms with Crippen LogP contribution in [0.15, 0.2) is 17.0 Å². The number of benzene rings is 1. The largest absolute Gasteiger partial charge is 0.479 e. The summed E-state index contributed by atoms with van der Waals surface area (Å²) in [6, 6.07) is 2.13. The summed E-state index contributed by atoms with van der Waals surface area (Å²) in [5.74, 6) is -2.09. The van der Waals surface area contributed by atoms with Gasteiger partial charge < -0.3 is 10.2 Å². The number of aliphatic carboxylic acids is 1. The molecule has 0 aromatic heterocycles. The van der Waals surface area contributed by atoms with Crippen LogP contribution < -0.4 is 4.72 Å². The molecule has 0 amide bonds. The Hall–Kier alpha value is -1.51. The van der Waals surface area contributed by atoms with E-state index in [0.29, 0.717) is 0 Å². The number of halogens is 1. The third-order valence-corrected chi connectivity index (χ3v) is 4.17. The minimum absolute atomic E-state index is 0.119. The lowest BCUT2D eigenvalue weighted by Gasteiger charge is -2.13. The minimum atomic E-state index is -4.01. The van der Waals surface area contributed by atoms with E-state index >= 15 is 0 Å². The van der Waals surface area contributed by atoms with Gasteiger partial charge in [0.1, 0.15) is 5.82 Å². The molecule has 0 aliphatic heterocycles. The highest BCUT2D eigenvalue weighted by molar-refractivity contribution is 7.89. The molecule has 19 heavy (non-hydrogen) atoms. The van der Waals surface area contributed by atoms with E-state index in [1.807, 2.05) is 4.72 Å². The van der Waals surface area contributed by atoms with Crippen LogP contribution in [0, 0.1) is 19.7 Å². The molecule has 106 valence electrons. The van der Waals surface area contributed by atoms with Gasteiger partial charge in [-0.15, -0.1) is 0 Å². The number of nitrogens with one attached hydrogen (secondary N) is 1. The van der Waals surface area contributed by atoms with Crippen molar-refractivity contribution in [3.63, 3.8) is 0 Å². The van der Waals surface area contributed by atoms with Gasteiger partial charge in [-0.1, -0.05) is 0 Å². The van der Waals surface area contributed by atoms with Crippen LogP contribution in [0.1, 0.15) is 11.1 Å². The van der Waals surface area contributed by atoms with Gasteiger partial charge in [-0.25, -0.2) is 22.3 Å². The van der Waals surface area contributed by atoms with Gasteiger partial charge in [0.05, 0.1) is 4.90 Å². The summed E-state index contributed by atoms with van der Waals surface area (Å²) in [6.07, 6.45) is -1.84. The maximum absolute atomic E-state index is 13.1. The van der Waals surface area contributed by atoms with Gasteiger partial charge in [0.2, 0.25) is 10.0 Å². The van der Waals surface area contributed by atoms with E-state index in [0.717, 1.165) is 12.1 Å². The van der Waals surface area contributed by atoms with Crippen LogP contribution in [-0.2, 0) is 14.8 Å². The Kier molecular flexibility index (Phi) is 4.61. The van der Waals surface area contributed by atoms with Crippen molar-refractivity contribution >= 4 is 16.0 Å². The maximum Gasteiger partial charge on any atom is 0.333 e. The molecule has 1 unspecified atom stereocenters. The quantitative estimate of drug-likeness (QED) is 0.717. The number of rotatable bonds is 5. The predicted molar refractivity (Wildman–Crippen MR) is 64.7 cm³/mol. The van der Waals surface area contributed by atoms with E-state index in [1.54, 1.807) is 0 Å². The van der Waals surface area contributed by atoms with Crippen molar-refractivity contribution in [2.24, 2.45) is 0 Å². The molecule has 0 spiro atoms. The van der Waals surface area contributed by atoms with Crippen LogP contribution in [-0.4, -0.2) is 37.2 Å². The van der Waals surface area contributed by atoms with E-state index in [9.17, 15) is 17.6 Å². The first-order chi connectivity index (χ1) is 8.65. The topological polar surface area (TPSA) is 104 Å². The third-order valence-electron chi connectivity index (χ3n) is 2.45. The zero-order chi connectivity index (χ0) is 14.8. The molecule has 3 N–H and O–H groups in total. The molecule has 0 aliphatic rings. The van der Waals surface area contributed by atoms with Crippen molar-refractivity contribution in [1.82, 2.24) is 4.72 Å². The average molecular weight is 291 g/mol. The van der Waals surface area contributed by atoms with Crippen LogP contribution in [0.2, 0.25) is 0 Å². The summed E-state index contributed by atoms with van der Waals surface area (Å²) in [6.45, 7) is 2.20. The van der Waals surface area contributed by atoms with Gasteiger partial charge >= 0.3 is 5.97 Å². The van der Waals surface area contributed by atoms with Crippen molar-refractivity contribution in [3.05, 3.63) is 29.1 Å². The number of aliphatic hydroxyl groups excluding tert-OH is 1. The lowest BCUT2D eigenvalue weighted by Crippen LogP contribution is -2.37. The molecular formula is C11H14FNO5S. The molecule has 0 aliphatic carbocycles. The molecule has 0 bridgehead atoms. The number of carbonyl (C=O) groups is 1. The van der Waals surface area contributed by atoms with Crippen molar-refractivity contribution in [2.75, 3.05) is 6.54 Å². The van der Waals surface area contributed by atoms with Gasteiger partial charge in [-0.2, -0.15) is 0 Å². The minimum Gasteiger partial charge on any atom is -0.479 e. The smallest absolute Gasteiger partial charge is 0.333 e. The maximum atomic E-state index is 13.1. The second kappa shape index (κ2) is 5.64. The van der Waals surface area contributed by atoms with Gasteiger partial charge in [-0.3, -0.25) is 0 Å². The molecule has 0 fully saturated rings. The Morgan fingerprint density at radius 1 is 1.37 bits per heavy atom. The Morgan fingerprint density at radius 3 is 2.26 bits per heavy atom. The summed E-state index contributed by atoms with van der Waals surface area (Å²) in [5.41, 5.74) is 0.407. The van der Waals surface area contributed by atoms with Gasteiger partial charge in [-0.05, 0) is 37.1 Å². The molecule has 0 saturated heterocycles. The van der Waals surface area contributed by atoms with Crippen molar-refractivity contribution in [2.45, 2.75) is 24.8 Å². The highest BCUT2D eigenvalue weighted by Crippen LogP contribution is 2.21. The number of hydrogen-bond acceptors (Lipinski definition) is 4. The normalized spacial score (nSPS) is 13.3. The molecule has 0 radical (unpaired) electrons. The average Bonchev–Trinajstić information content (AvgIpc) is 2.23. The fourth-order valence-electron chi connectivity index (χ4n) is 1.67. The van der Waals surface area contributed by atoms with Crippen molar-refractivity contribution in [3.8, 4) is 0 Å². The number of sulfonamides is 1. The first kappa shape index (κ1) is 15.5. The Labute approximate surface area is 109 Å². The van der Waals surface area contributed by atoms with Gasteiger partial charge in [0.15, 0.2) is 6.10 Å². The molecule has 1 aromatic carbocycles. The summed E-state index contributed by atoms with van der Waals surface area (Å²) in [7, 11) is -4.01. The lowest BCUT2D eigenvalue weighted by atomic mass is 10.1. The monoisotopic (exact) mass is 291 g/mol. The van der Waals surface area contributed by atoms with E-state index in [2.05, 4.69) is 0 Å². The summed E-state index contributed by atoms with van der Waals surface area (Å²) >= 11 is 0. The third kappa shape index (κ3) is 3.72. The summed E-state index contributed by atoms with van der Waals surface area (Å²) in [4.78, 5) is 10.3. The first-order valence-corrected chi connectivity index (χ1v) is 6.80. The Bertz CT molecular complexity index is 576. The molecule has 1 aromatic rings.